The molecule has 3 nitrogen and oxygen atoms in total. The summed E-state index contributed by atoms with van der Waals surface area (Å²) in [6, 6.07) is 8.89. The van der Waals surface area contributed by atoms with Crippen molar-refractivity contribution < 1.29 is 4.39 Å². The predicted molar refractivity (Wildman–Crippen MR) is 85.6 cm³/mol. The number of benzene rings is 1. The van der Waals surface area contributed by atoms with E-state index in [1.54, 1.807) is 12.1 Å². The van der Waals surface area contributed by atoms with E-state index in [2.05, 4.69) is 23.3 Å². The number of hydrogen-bond acceptors (Lipinski definition) is 3. The number of hydrogen-bond donors (Lipinski definition) is 1. The lowest BCUT2D eigenvalue weighted by Gasteiger charge is -2.26. The third kappa shape index (κ3) is 3.22. The minimum Gasteiger partial charge on any atom is -0.324 e. The van der Waals surface area contributed by atoms with Gasteiger partial charge in [-0.15, -0.1) is 0 Å². The second-order valence-electron chi connectivity index (χ2n) is 5.11. The van der Waals surface area contributed by atoms with Gasteiger partial charge in [0, 0.05) is 24.3 Å². The van der Waals surface area contributed by atoms with Crippen LogP contribution in [0.25, 0.3) is 0 Å². The zero-order chi connectivity index (χ0) is 15.4. The molecule has 0 aliphatic carbocycles. The molecule has 0 radical (unpaired) electrons. The first-order valence-corrected chi connectivity index (χ1v) is 7.22. The Labute approximate surface area is 125 Å². The van der Waals surface area contributed by atoms with E-state index in [1.807, 2.05) is 31.9 Å². The van der Waals surface area contributed by atoms with Crippen molar-refractivity contribution >= 4 is 11.5 Å². The number of para-hydroxylation sites is 1. The lowest BCUT2D eigenvalue weighted by Crippen LogP contribution is -2.23. The molecule has 0 saturated carbocycles. The zero-order valence-electron chi connectivity index (χ0n) is 13.1. The van der Waals surface area contributed by atoms with E-state index < -0.39 is 0 Å². The van der Waals surface area contributed by atoms with Crippen molar-refractivity contribution in [2.24, 2.45) is 0 Å². The molecular formula is C17H22FN3. The van der Waals surface area contributed by atoms with Gasteiger partial charge in [-0.05, 0) is 51.6 Å². The molecule has 2 rings (SSSR count). The van der Waals surface area contributed by atoms with Gasteiger partial charge in [0.25, 0.3) is 0 Å². The molecule has 0 unspecified atom stereocenters. The molecule has 1 aromatic heterocycles. The van der Waals surface area contributed by atoms with E-state index in [0.29, 0.717) is 18.8 Å². The quantitative estimate of drug-likeness (QED) is 0.908. The number of aryl methyl sites for hydroxylation is 2. The fraction of sp³-hybridized carbons (Fsp3) is 0.353. The van der Waals surface area contributed by atoms with Crippen LogP contribution in [0.1, 0.15) is 23.7 Å². The number of nitrogens with zero attached hydrogens (tertiary/aromatic N) is 2. The molecule has 4 heteroatoms. The van der Waals surface area contributed by atoms with Gasteiger partial charge < -0.3 is 10.2 Å². The van der Waals surface area contributed by atoms with Crippen molar-refractivity contribution in [3.8, 4) is 0 Å². The number of pyridine rings is 1. The smallest absolute Gasteiger partial charge is 0.146 e. The van der Waals surface area contributed by atoms with E-state index in [0.717, 1.165) is 17.1 Å². The van der Waals surface area contributed by atoms with Crippen molar-refractivity contribution in [1.29, 1.82) is 0 Å². The first kappa shape index (κ1) is 15.4. The van der Waals surface area contributed by atoms with E-state index in [4.69, 9.17) is 0 Å². The predicted octanol–water partition coefficient (Wildman–Crippen LogP) is 3.71. The van der Waals surface area contributed by atoms with Crippen molar-refractivity contribution in [1.82, 2.24) is 10.3 Å². The fourth-order valence-corrected chi connectivity index (χ4v) is 2.57. The van der Waals surface area contributed by atoms with Gasteiger partial charge in [-0.3, -0.25) is 0 Å². The number of halogens is 1. The van der Waals surface area contributed by atoms with Crippen LogP contribution in [0.5, 0.6) is 0 Å². The number of aromatic nitrogens is 1. The largest absolute Gasteiger partial charge is 0.324 e. The standard InChI is InChI=1S/C17H22FN3/c1-5-21(16-9-7-6-8-15(16)18)17-14(11-19-4)12(2)10-13(3)20-17/h6-10,19H,5,11H2,1-4H3. The van der Waals surface area contributed by atoms with E-state index in [1.165, 1.54) is 11.6 Å². The highest BCUT2D eigenvalue weighted by Crippen LogP contribution is 2.30. The highest BCUT2D eigenvalue weighted by atomic mass is 19.1. The lowest BCUT2D eigenvalue weighted by molar-refractivity contribution is 0.624. The highest BCUT2D eigenvalue weighted by molar-refractivity contribution is 5.65. The molecule has 0 fully saturated rings. The lowest BCUT2D eigenvalue weighted by atomic mass is 10.1. The summed E-state index contributed by atoms with van der Waals surface area (Å²) in [5.41, 5.74) is 3.78. The Bertz CT molecular complexity index is 625. The van der Waals surface area contributed by atoms with E-state index in [9.17, 15) is 4.39 Å². The van der Waals surface area contributed by atoms with Crippen LogP contribution in [0.2, 0.25) is 0 Å². The SMILES string of the molecule is CCN(c1ccccc1F)c1nc(C)cc(C)c1CNC. The normalized spacial score (nSPS) is 10.7. The van der Waals surface area contributed by atoms with E-state index >= 15 is 0 Å². The van der Waals surface area contributed by atoms with Crippen LogP contribution >= 0.6 is 0 Å². The molecule has 0 amide bonds. The molecule has 0 aliphatic heterocycles. The van der Waals surface area contributed by atoms with Gasteiger partial charge >= 0.3 is 0 Å². The molecule has 1 heterocycles. The Balaban J connectivity index is 2.59. The maximum Gasteiger partial charge on any atom is 0.146 e. The van der Waals surface area contributed by atoms with Crippen LogP contribution in [-0.2, 0) is 6.54 Å². The first-order valence-electron chi connectivity index (χ1n) is 7.22. The van der Waals surface area contributed by atoms with Crippen LogP contribution in [-0.4, -0.2) is 18.6 Å². The molecule has 21 heavy (non-hydrogen) atoms. The Morgan fingerprint density at radius 1 is 1.24 bits per heavy atom. The Kier molecular flexibility index (Phi) is 4.91. The third-order valence-corrected chi connectivity index (χ3v) is 3.52. The number of nitrogens with one attached hydrogen (secondary N) is 1. The fourth-order valence-electron chi connectivity index (χ4n) is 2.57. The average Bonchev–Trinajstić information content (AvgIpc) is 2.45. The van der Waals surface area contributed by atoms with Gasteiger partial charge in [-0.2, -0.15) is 0 Å². The van der Waals surface area contributed by atoms with Crippen LogP contribution in [0.3, 0.4) is 0 Å². The average molecular weight is 287 g/mol. The van der Waals surface area contributed by atoms with Gasteiger partial charge in [0.2, 0.25) is 0 Å². The summed E-state index contributed by atoms with van der Waals surface area (Å²) in [5, 5.41) is 3.17. The molecule has 0 bridgehead atoms. The van der Waals surface area contributed by atoms with Crippen molar-refractivity contribution in [3.63, 3.8) is 0 Å². The van der Waals surface area contributed by atoms with E-state index in [-0.39, 0.29) is 5.82 Å². The van der Waals surface area contributed by atoms with Gasteiger partial charge in [-0.25, -0.2) is 9.37 Å². The minimum atomic E-state index is -0.226. The van der Waals surface area contributed by atoms with Crippen LogP contribution in [0, 0.1) is 19.7 Å². The van der Waals surface area contributed by atoms with Gasteiger partial charge in [0.05, 0.1) is 5.69 Å². The zero-order valence-corrected chi connectivity index (χ0v) is 13.1. The maximum atomic E-state index is 14.1. The van der Waals surface area contributed by atoms with Crippen LogP contribution < -0.4 is 10.2 Å². The summed E-state index contributed by atoms with van der Waals surface area (Å²) < 4.78 is 14.1. The number of rotatable bonds is 5. The summed E-state index contributed by atoms with van der Waals surface area (Å²) in [6.45, 7) is 7.41. The van der Waals surface area contributed by atoms with Crippen LogP contribution in [0.15, 0.2) is 30.3 Å². The van der Waals surface area contributed by atoms with Crippen molar-refractivity contribution in [3.05, 3.63) is 53.0 Å². The Morgan fingerprint density at radius 3 is 2.57 bits per heavy atom. The summed E-state index contributed by atoms with van der Waals surface area (Å²) >= 11 is 0. The summed E-state index contributed by atoms with van der Waals surface area (Å²) in [5.74, 6) is 0.602. The highest BCUT2D eigenvalue weighted by Gasteiger charge is 2.18. The van der Waals surface area contributed by atoms with Crippen LogP contribution in [0.4, 0.5) is 15.9 Å². The Hall–Kier alpha value is -1.94. The molecule has 0 aliphatic rings. The molecular weight excluding hydrogens is 265 g/mol. The molecule has 0 spiro atoms. The summed E-state index contributed by atoms with van der Waals surface area (Å²) in [7, 11) is 1.91. The summed E-state index contributed by atoms with van der Waals surface area (Å²) in [6.07, 6.45) is 0. The number of anilines is 2. The van der Waals surface area contributed by atoms with Gasteiger partial charge in [-0.1, -0.05) is 12.1 Å². The molecule has 2 aromatic rings. The molecule has 0 saturated heterocycles. The third-order valence-electron chi connectivity index (χ3n) is 3.52. The minimum absolute atomic E-state index is 0.226. The molecule has 112 valence electrons. The second-order valence-corrected chi connectivity index (χ2v) is 5.11. The molecule has 0 atom stereocenters. The Morgan fingerprint density at radius 2 is 1.95 bits per heavy atom. The maximum absolute atomic E-state index is 14.1. The monoisotopic (exact) mass is 287 g/mol. The second kappa shape index (κ2) is 6.68. The first-order chi connectivity index (χ1) is 10.1. The topological polar surface area (TPSA) is 28.2 Å². The van der Waals surface area contributed by atoms with Crippen molar-refractivity contribution in [2.75, 3.05) is 18.5 Å². The summed E-state index contributed by atoms with van der Waals surface area (Å²) in [4.78, 5) is 6.59. The molecule has 1 N–H and O–H groups in total. The molecule has 1 aromatic carbocycles. The van der Waals surface area contributed by atoms with Gasteiger partial charge in [0.15, 0.2) is 0 Å². The van der Waals surface area contributed by atoms with Gasteiger partial charge in [0.1, 0.15) is 11.6 Å². The van der Waals surface area contributed by atoms with Crippen molar-refractivity contribution in [2.45, 2.75) is 27.3 Å².